The molecule has 2 aromatic carbocycles. The van der Waals surface area contributed by atoms with Crippen LogP contribution in [0.25, 0.3) is 11.1 Å². The van der Waals surface area contributed by atoms with Gasteiger partial charge in [-0.1, -0.05) is 23.2 Å². The molecule has 1 aliphatic heterocycles. The molecule has 0 amide bonds. The predicted octanol–water partition coefficient (Wildman–Crippen LogP) is 3.50. The van der Waals surface area contributed by atoms with Gasteiger partial charge in [0, 0.05) is 41.8 Å². The summed E-state index contributed by atoms with van der Waals surface area (Å²) in [6.45, 7) is 2.11. The number of halogens is 2. The summed E-state index contributed by atoms with van der Waals surface area (Å²) < 4.78 is 10.1. The third kappa shape index (κ3) is 5.68. The van der Waals surface area contributed by atoms with Crippen molar-refractivity contribution in [1.29, 1.82) is 0 Å². The molecule has 11 heteroatoms. The molecule has 9 nitrogen and oxygen atoms in total. The SMILES string of the molecule is O=C(OCc1cc(Cl)cc(Cl)c1)ON1CCN(CC(=O)c2ccc3[nH]c(=O)oc3c2)CC1. The summed E-state index contributed by atoms with van der Waals surface area (Å²) in [6, 6.07) is 9.74. The van der Waals surface area contributed by atoms with Gasteiger partial charge in [0.15, 0.2) is 11.4 Å². The normalized spacial score (nSPS) is 15.1. The number of aromatic amines is 1. The highest BCUT2D eigenvalue weighted by molar-refractivity contribution is 6.34. The van der Waals surface area contributed by atoms with E-state index in [1.54, 1.807) is 36.4 Å². The molecule has 1 saturated heterocycles. The summed E-state index contributed by atoms with van der Waals surface area (Å²) in [5, 5.41) is 2.40. The quantitative estimate of drug-likeness (QED) is 0.422. The average molecular weight is 480 g/mol. The molecule has 0 bridgehead atoms. The van der Waals surface area contributed by atoms with Gasteiger partial charge >= 0.3 is 11.9 Å². The maximum Gasteiger partial charge on any atom is 0.528 e. The van der Waals surface area contributed by atoms with Gasteiger partial charge in [-0.2, -0.15) is 0 Å². The van der Waals surface area contributed by atoms with Gasteiger partial charge in [0.2, 0.25) is 0 Å². The molecule has 0 saturated carbocycles. The molecule has 3 aromatic rings. The van der Waals surface area contributed by atoms with Crippen LogP contribution in [0.3, 0.4) is 0 Å². The number of H-pyrrole nitrogens is 1. The van der Waals surface area contributed by atoms with E-state index in [2.05, 4.69) is 4.98 Å². The minimum Gasteiger partial charge on any atom is -0.428 e. The topological polar surface area (TPSA) is 105 Å². The third-order valence-corrected chi connectivity index (χ3v) is 5.36. The van der Waals surface area contributed by atoms with E-state index >= 15 is 0 Å². The zero-order valence-corrected chi connectivity index (χ0v) is 18.3. The fourth-order valence-corrected chi connectivity index (χ4v) is 3.93. The minimum atomic E-state index is -0.827. The standard InChI is InChI=1S/C21H19Cl2N3O6/c22-15-7-13(8-16(23)10-15)12-30-21(29)32-26-5-3-25(4-6-26)11-18(27)14-1-2-17-19(9-14)31-20(28)24-17/h1-2,7-10H,3-6,11-12H2,(H,24,28). The van der Waals surface area contributed by atoms with E-state index < -0.39 is 11.9 Å². The largest absolute Gasteiger partial charge is 0.528 e. The van der Waals surface area contributed by atoms with Crippen LogP contribution in [0.4, 0.5) is 4.79 Å². The van der Waals surface area contributed by atoms with Crippen LogP contribution in [0.15, 0.2) is 45.6 Å². The van der Waals surface area contributed by atoms with E-state index in [1.807, 2.05) is 4.90 Å². The molecule has 0 unspecified atom stereocenters. The van der Waals surface area contributed by atoms with E-state index in [-0.39, 0.29) is 18.9 Å². The molecule has 2 heterocycles. The van der Waals surface area contributed by atoms with Crippen molar-refractivity contribution in [1.82, 2.24) is 14.9 Å². The number of fused-ring (bicyclic) bond motifs is 1. The van der Waals surface area contributed by atoms with E-state index in [0.717, 1.165) is 0 Å². The van der Waals surface area contributed by atoms with Gasteiger partial charge in [-0.25, -0.2) is 9.59 Å². The fraction of sp³-hybridized carbons (Fsp3) is 0.286. The molecule has 1 N–H and O–H groups in total. The third-order valence-electron chi connectivity index (χ3n) is 4.92. The van der Waals surface area contributed by atoms with Crippen molar-refractivity contribution in [2.24, 2.45) is 0 Å². The highest BCUT2D eigenvalue weighted by Gasteiger charge is 2.23. The van der Waals surface area contributed by atoms with Crippen LogP contribution in [0, 0.1) is 0 Å². The monoisotopic (exact) mass is 479 g/mol. The Morgan fingerprint density at radius 3 is 2.47 bits per heavy atom. The lowest BCUT2D eigenvalue weighted by Gasteiger charge is -2.32. The van der Waals surface area contributed by atoms with Crippen LogP contribution in [0.2, 0.25) is 10.0 Å². The molecular formula is C21H19Cl2N3O6. The molecule has 1 fully saturated rings. The lowest BCUT2D eigenvalue weighted by molar-refractivity contribution is -0.146. The summed E-state index contributed by atoms with van der Waals surface area (Å²) in [6.07, 6.45) is -0.827. The molecule has 0 spiro atoms. The van der Waals surface area contributed by atoms with Crippen molar-refractivity contribution < 1.29 is 23.6 Å². The number of Topliss-reactive ketones (excluding diaryl/α,β-unsaturated/α-hetero) is 1. The number of nitrogens with zero attached hydrogens (tertiary/aromatic N) is 2. The second kappa shape index (κ2) is 9.74. The number of piperazine rings is 1. The average Bonchev–Trinajstić information content (AvgIpc) is 3.12. The van der Waals surface area contributed by atoms with Crippen molar-refractivity contribution >= 4 is 46.2 Å². The summed E-state index contributed by atoms with van der Waals surface area (Å²) in [5.41, 5.74) is 2.00. The lowest BCUT2D eigenvalue weighted by Crippen LogP contribution is -2.48. The Labute approximate surface area is 192 Å². The molecule has 1 aromatic heterocycles. The lowest BCUT2D eigenvalue weighted by atomic mass is 10.1. The molecule has 4 rings (SSSR count). The molecular weight excluding hydrogens is 461 g/mol. The van der Waals surface area contributed by atoms with Crippen molar-refractivity contribution in [2.45, 2.75) is 6.61 Å². The second-order valence-electron chi connectivity index (χ2n) is 7.26. The first kappa shape index (κ1) is 22.3. The molecule has 1 aliphatic rings. The number of ketones is 1. The van der Waals surface area contributed by atoms with E-state index in [9.17, 15) is 14.4 Å². The number of nitrogens with one attached hydrogen (secondary N) is 1. The van der Waals surface area contributed by atoms with Crippen molar-refractivity contribution in [3.05, 3.63) is 68.1 Å². The molecule has 0 atom stereocenters. The van der Waals surface area contributed by atoms with Gasteiger partial charge in [-0.05, 0) is 42.0 Å². The molecule has 0 aliphatic carbocycles. The van der Waals surface area contributed by atoms with Crippen molar-refractivity contribution in [2.75, 3.05) is 32.7 Å². The number of ether oxygens (including phenoxy) is 1. The van der Waals surface area contributed by atoms with E-state index in [4.69, 9.17) is 37.2 Å². The van der Waals surface area contributed by atoms with Gasteiger partial charge in [-0.15, -0.1) is 5.06 Å². The summed E-state index contributed by atoms with van der Waals surface area (Å²) >= 11 is 11.8. The van der Waals surface area contributed by atoms with Gasteiger partial charge in [-0.3, -0.25) is 14.7 Å². The number of carbonyl (C=O) groups is 2. The number of rotatable bonds is 6. The Morgan fingerprint density at radius 1 is 1.03 bits per heavy atom. The Hall–Kier alpha value is -2.85. The highest BCUT2D eigenvalue weighted by Crippen LogP contribution is 2.20. The molecule has 168 valence electrons. The van der Waals surface area contributed by atoms with E-state index in [1.165, 1.54) is 5.06 Å². The van der Waals surface area contributed by atoms with Crippen LogP contribution in [0.1, 0.15) is 15.9 Å². The fourth-order valence-electron chi connectivity index (χ4n) is 3.36. The first-order valence-corrected chi connectivity index (χ1v) is 10.5. The van der Waals surface area contributed by atoms with Gasteiger partial charge < -0.3 is 14.0 Å². The first-order chi connectivity index (χ1) is 15.4. The number of benzene rings is 2. The number of hydrogen-bond donors (Lipinski definition) is 1. The Kier molecular flexibility index (Phi) is 6.80. The van der Waals surface area contributed by atoms with Crippen molar-refractivity contribution in [3.63, 3.8) is 0 Å². The molecule has 32 heavy (non-hydrogen) atoms. The summed E-state index contributed by atoms with van der Waals surface area (Å²) in [4.78, 5) is 45.5. The van der Waals surface area contributed by atoms with E-state index in [0.29, 0.717) is 58.5 Å². The minimum absolute atomic E-state index is 0.0147. The van der Waals surface area contributed by atoms with Crippen LogP contribution in [-0.4, -0.2) is 59.6 Å². The predicted molar refractivity (Wildman–Crippen MR) is 117 cm³/mol. The number of carbonyl (C=O) groups excluding carboxylic acids is 2. The highest BCUT2D eigenvalue weighted by atomic mass is 35.5. The number of aromatic nitrogens is 1. The first-order valence-electron chi connectivity index (χ1n) is 9.79. The van der Waals surface area contributed by atoms with Crippen molar-refractivity contribution in [3.8, 4) is 0 Å². The Morgan fingerprint density at radius 2 is 1.75 bits per heavy atom. The Bertz CT molecular complexity index is 1180. The van der Waals surface area contributed by atoms with Crippen LogP contribution in [-0.2, 0) is 16.2 Å². The van der Waals surface area contributed by atoms with Crippen LogP contribution < -0.4 is 5.76 Å². The molecule has 0 radical (unpaired) electrons. The van der Waals surface area contributed by atoms with Gasteiger partial charge in [0.05, 0.1) is 12.1 Å². The maximum atomic E-state index is 12.6. The second-order valence-corrected chi connectivity index (χ2v) is 8.13. The Balaban J connectivity index is 1.22. The number of hydrogen-bond acceptors (Lipinski definition) is 8. The van der Waals surface area contributed by atoms with Gasteiger partial charge in [0.1, 0.15) is 6.61 Å². The number of oxazole rings is 1. The van der Waals surface area contributed by atoms with Crippen LogP contribution in [0.5, 0.6) is 0 Å². The number of hydroxylamine groups is 2. The van der Waals surface area contributed by atoms with Gasteiger partial charge in [0.25, 0.3) is 0 Å². The zero-order chi connectivity index (χ0) is 22.7. The smallest absolute Gasteiger partial charge is 0.428 e. The van der Waals surface area contributed by atoms with Crippen LogP contribution >= 0.6 is 23.2 Å². The maximum absolute atomic E-state index is 12.6. The summed E-state index contributed by atoms with van der Waals surface area (Å²) in [7, 11) is 0. The zero-order valence-electron chi connectivity index (χ0n) is 16.8. The summed E-state index contributed by atoms with van der Waals surface area (Å²) in [5.74, 6) is -0.652.